The average molecular weight is 355 g/mol. The van der Waals surface area contributed by atoms with Crippen LogP contribution in [0, 0.1) is 0 Å². The number of carbonyl (C=O) groups excluding carboxylic acids is 1. The van der Waals surface area contributed by atoms with Gasteiger partial charge in [0, 0.05) is 26.7 Å². The number of nitrogens with one attached hydrogen (secondary N) is 1. The monoisotopic (exact) mass is 355 g/mol. The number of methoxy groups -OCH3 is 1. The van der Waals surface area contributed by atoms with Crippen molar-refractivity contribution < 1.29 is 9.53 Å². The van der Waals surface area contributed by atoms with Gasteiger partial charge in [-0.25, -0.2) is 4.79 Å². The van der Waals surface area contributed by atoms with Crippen LogP contribution in [0.15, 0.2) is 54.6 Å². The molecule has 0 heterocycles. The van der Waals surface area contributed by atoms with Crippen LogP contribution in [-0.2, 0) is 13.1 Å². The Hall–Kier alpha value is -2.53. The Balaban J connectivity index is 1.66. The molecule has 5 heteroatoms. The Kier molecular flexibility index (Phi) is 7.96. The number of ether oxygens (including phenoxy) is 1. The highest BCUT2D eigenvalue weighted by Gasteiger charge is 2.09. The Bertz CT molecular complexity index is 676. The molecule has 2 aromatic rings. The van der Waals surface area contributed by atoms with E-state index in [0.717, 1.165) is 30.8 Å². The van der Waals surface area contributed by atoms with Gasteiger partial charge in [0.1, 0.15) is 5.75 Å². The topological polar surface area (TPSA) is 44.8 Å². The highest BCUT2D eigenvalue weighted by molar-refractivity contribution is 5.73. The standard InChI is InChI=1S/C21H29N3O2/c1-23(16-18-9-5-4-6-10-18)14-8-13-22-21(25)24(2)17-19-11-7-12-20(15-19)26-3/h4-7,9-12,15H,8,13-14,16-17H2,1-3H3,(H,22,25). The van der Waals surface area contributed by atoms with E-state index >= 15 is 0 Å². The molecule has 0 aliphatic rings. The minimum atomic E-state index is -0.0569. The Labute approximate surface area is 156 Å². The molecule has 1 N–H and O–H groups in total. The first kappa shape index (κ1) is 19.8. The van der Waals surface area contributed by atoms with Crippen LogP contribution in [-0.4, -0.2) is 50.1 Å². The van der Waals surface area contributed by atoms with Crippen LogP contribution in [0.25, 0.3) is 0 Å². The molecule has 0 aromatic heterocycles. The summed E-state index contributed by atoms with van der Waals surface area (Å²) in [5, 5.41) is 2.98. The number of hydrogen-bond donors (Lipinski definition) is 1. The molecule has 0 radical (unpaired) electrons. The SMILES string of the molecule is COc1cccc(CN(C)C(=O)NCCCN(C)Cc2ccccc2)c1. The van der Waals surface area contributed by atoms with Crippen molar-refractivity contribution in [2.24, 2.45) is 0 Å². The molecule has 0 saturated heterocycles. The third-order valence-electron chi connectivity index (χ3n) is 4.19. The lowest BCUT2D eigenvalue weighted by atomic mass is 10.2. The van der Waals surface area contributed by atoms with Crippen molar-refractivity contribution in [3.05, 3.63) is 65.7 Å². The Morgan fingerprint density at radius 3 is 2.46 bits per heavy atom. The molecule has 0 atom stereocenters. The summed E-state index contributed by atoms with van der Waals surface area (Å²) in [5.41, 5.74) is 2.35. The summed E-state index contributed by atoms with van der Waals surface area (Å²) in [6.07, 6.45) is 0.919. The van der Waals surface area contributed by atoms with Gasteiger partial charge < -0.3 is 19.9 Å². The van der Waals surface area contributed by atoms with Crippen molar-refractivity contribution in [1.82, 2.24) is 15.1 Å². The fourth-order valence-electron chi connectivity index (χ4n) is 2.77. The molecular formula is C21H29N3O2. The number of nitrogens with zero attached hydrogens (tertiary/aromatic N) is 2. The number of hydrogen-bond acceptors (Lipinski definition) is 3. The van der Waals surface area contributed by atoms with E-state index in [2.05, 4.69) is 41.5 Å². The van der Waals surface area contributed by atoms with Crippen molar-refractivity contribution >= 4 is 6.03 Å². The van der Waals surface area contributed by atoms with E-state index in [0.29, 0.717) is 13.1 Å². The predicted octanol–water partition coefficient (Wildman–Crippen LogP) is 3.36. The highest BCUT2D eigenvalue weighted by Crippen LogP contribution is 2.13. The molecule has 0 saturated carbocycles. The van der Waals surface area contributed by atoms with Crippen LogP contribution >= 0.6 is 0 Å². The van der Waals surface area contributed by atoms with Crippen LogP contribution in [0.2, 0.25) is 0 Å². The third kappa shape index (κ3) is 6.76. The molecule has 2 aromatic carbocycles. The summed E-state index contributed by atoms with van der Waals surface area (Å²) in [6, 6.07) is 18.1. The summed E-state index contributed by atoms with van der Waals surface area (Å²) in [5.74, 6) is 0.803. The van der Waals surface area contributed by atoms with Gasteiger partial charge in [-0.15, -0.1) is 0 Å². The molecule has 0 unspecified atom stereocenters. The second kappa shape index (κ2) is 10.5. The number of rotatable bonds is 9. The predicted molar refractivity (Wildman–Crippen MR) is 105 cm³/mol. The fourth-order valence-corrected chi connectivity index (χ4v) is 2.77. The fraction of sp³-hybridized carbons (Fsp3) is 0.381. The number of urea groups is 1. The molecular weight excluding hydrogens is 326 g/mol. The zero-order chi connectivity index (χ0) is 18.8. The Morgan fingerprint density at radius 1 is 1.00 bits per heavy atom. The zero-order valence-corrected chi connectivity index (χ0v) is 15.9. The molecule has 0 aliphatic heterocycles. The quantitative estimate of drug-likeness (QED) is 0.702. The summed E-state index contributed by atoms with van der Waals surface area (Å²) in [7, 11) is 5.55. The van der Waals surface area contributed by atoms with Gasteiger partial charge in [-0.2, -0.15) is 0 Å². The largest absolute Gasteiger partial charge is 0.497 e. The van der Waals surface area contributed by atoms with Gasteiger partial charge in [0.25, 0.3) is 0 Å². The van der Waals surface area contributed by atoms with Crippen molar-refractivity contribution in [1.29, 1.82) is 0 Å². The molecule has 0 fully saturated rings. The summed E-state index contributed by atoms with van der Waals surface area (Å²) >= 11 is 0. The second-order valence-corrected chi connectivity index (χ2v) is 6.52. The normalized spacial score (nSPS) is 10.6. The van der Waals surface area contributed by atoms with Crippen molar-refractivity contribution in [3.8, 4) is 5.75 Å². The van der Waals surface area contributed by atoms with Crippen LogP contribution < -0.4 is 10.1 Å². The molecule has 2 amide bonds. The van der Waals surface area contributed by atoms with Gasteiger partial charge >= 0.3 is 6.03 Å². The van der Waals surface area contributed by atoms with E-state index in [9.17, 15) is 4.79 Å². The smallest absolute Gasteiger partial charge is 0.317 e. The summed E-state index contributed by atoms with van der Waals surface area (Å²) < 4.78 is 5.22. The first-order valence-corrected chi connectivity index (χ1v) is 8.93. The number of amides is 2. The van der Waals surface area contributed by atoms with E-state index in [1.807, 2.05) is 30.3 Å². The maximum Gasteiger partial charge on any atom is 0.317 e. The Morgan fingerprint density at radius 2 is 1.73 bits per heavy atom. The summed E-state index contributed by atoms with van der Waals surface area (Å²) in [6.45, 7) is 3.08. The first-order chi connectivity index (χ1) is 12.6. The van der Waals surface area contributed by atoms with Crippen molar-refractivity contribution in [3.63, 3.8) is 0 Å². The molecule has 0 bridgehead atoms. The molecule has 0 aliphatic carbocycles. The van der Waals surface area contributed by atoms with E-state index in [1.54, 1.807) is 19.1 Å². The lowest BCUT2D eigenvalue weighted by Crippen LogP contribution is -2.38. The lowest BCUT2D eigenvalue weighted by molar-refractivity contribution is 0.206. The van der Waals surface area contributed by atoms with Crippen LogP contribution in [0.1, 0.15) is 17.5 Å². The molecule has 26 heavy (non-hydrogen) atoms. The molecule has 0 spiro atoms. The van der Waals surface area contributed by atoms with Crippen molar-refractivity contribution in [2.45, 2.75) is 19.5 Å². The van der Waals surface area contributed by atoms with Gasteiger partial charge in [-0.05, 0) is 43.3 Å². The number of carbonyl (C=O) groups is 1. The summed E-state index contributed by atoms with van der Waals surface area (Å²) in [4.78, 5) is 16.2. The molecule has 5 nitrogen and oxygen atoms in total. The molecule has 2 rings (SSSR count). The van der Waals surface area contributed by atoms with Crippen LogP contribution in [0.4, 0.5) is 4.79 Å². The minimum Gasteiger partial charge on any atom is -0.497 e. The van der Waals surface area contributed by atoms with Gasteiger partial charge in [-0.3, -0.25) is 0 Å². The highest BCUT2D eigenvalue weighted by atomic mass is 16.5. The second-order valence-electron chi connectivity index (χ2n) is 6.52. The van der Waals surface area contributed by atoms with E-state index < -0.39 is 0 Å². The number of benzene rings is 2. The van der Waals surface area contributed by atoms with Crippen molar-refractivity contribution in [2.75, 3.05) is 34.3 Å². The lowest BCUT2D eigenvalue weighted by Gasteiger charge is -2.20. The first-order valence-electron chi connectivity index (χ1n) is 8.93. The zero-order valence-electron chi connectivity index (χ0n) is 15.9. The van der Waals surface area contributed by atoms with E-state index in [4.69, 9.17) is 4.74 Å². The van der Waals surface area contributed by atoms with Gasteiger partial charge in [0.15, 0.2) is 0 Å². The van der Waals surface area contributed by atoms with Crippen LogP contribution in [0.3, 0.4) is 0 Å². The maximum atomic E-state index is 12.2. The van der Waals surface area contributed by atoms with Crippen LogP contribution in [0.5, 0.6) is 5.75 Å². The van der Waals surface area contributed by atoms with Gasteiger partial charge in [-0.1, -0.05) is 42.5 Å². The van der Waals surface area contributed by atoms with E-state index in [1.165, 1.54) is 5.56 Å². The molecule has 140 valence electrons. The minimum absolute atomic E-state index is 0.0569. The average Bonchev–Trinajstić information content (AvgIpc) is 2.66. The van der Waals surface area contributed by atoms with Gasteiger partial charge in [0.05, 0.1) is 7.11 Å². The van der Waals surface area contributed by atoms with Gasteiger partial charge in [0.2, 0.25) is 0 Å². The third-order valence-corrected chi connectivity index (χ3v) is 4.19. The maximum absolute atomic E-state index is 12.2. The van der Waals surface area contributed by atoms with E-state index in [-0.39, 0.29) is 6.03 Å².